The van der Waals surface area contributed by atoms with Crippen LogP contribution in [0.15, 0.2) is 72.7 Å². The number of aliphatic hydroxyl groups is 3. The maximum absolute atomic E-state index is 14.4. The zero-order valence-corrected chi connectivity index (χ0v) is 31.8. The van der Waals surface area contributed by atoms with Crippen LogP contribution in [0.2, 0.25) is 0 Å². The average molecular weight is 790 g/mol. The van der Waals surface area contributed by atoms with E-state index in [2.05, 4.69) is 5.32 Å². The Morgan fingerprint density at radius 1 is 1.04 bits per heavy atom. The molecule has 0 saturated carbocycles. The molecule has 0 saturated heterocycles. The van der Waals surface area contributed by atoms with Crippen molar-refractivity contribution in [3.63, 3.8) is 0 Å². The lowest BCUT2D eigenvalue weighted by Crippen LogP contribution is -2.63. The predicted molar refractivity (Wildman–Crippen MR) is 201 cm³/mol. The topological polar surface area (TPSA) is 267 Å². The molecule has 0 radical (unpaired) electrons. The molecule has 0 fully saturated rings. The molecule has 3 amide bonds. The van der Waals surface area contributed by atoms with Crippen molar-refractivity contribution < 1.29 is 58.0 Å². The molecule has 4 atom stereocenters. The number of carbonyl (C=O) groups is 5. The number of phenols is 1. The Hall–Kier alpha value is -6.40. The molecule has 1 aromatic heterocycles. The molecule has 7 N–H and O–H groups in total. The molecule has 0 bridgehead atoms. The van der Waals surface area contributed by atoms with E-state index in [1.807, 2.05) is 0 Å². The number of phenolic OH excluding ortho intramolecular Hbond substituents is 1. The number of fused-ring (bicyclic) bond motifs is 3. The highest BCUT2D eigenvalue weighted by Gasteiger charge is 2.63. The van der Waals surface area contributed by atoms with Crippen LogP contribution in [0.4, 0.5) is 16.2 Å². The van der Waals surface area contributed by atoms with Crippen molar-refractivity contribution >= 4 is 40.8 Å². The number of nitrogens with zero attached hydrogens (tertiary/aromatic N) is 3. The minimum Gasteiger partial charge on any atom is -0.510 e. The van der Waals surface area contributed by atoms with Crippen LogP contribution < -0.4 is 21.8 Å². The summed E-state index contributed by atoms with van der Waals surface area (Å²) in [6, 6.07) is 8.85. The van der Waals surface area contributed by atoms with Crippen molar-refractivity contribution in [3.8, 4) is 17.1 Å². The van der Waals surface area contributed by atoms with Crippen LogP contribution in [0, 0.1) is 11.8 Å². The van der Waals surface area contributed by atoms with Crippen molar-refractivity contribution in [2.24, 2.45) is 17.6 Å². The van der Waals surface area contributed by atoms with Crippen molar-refractivity contribution in [2.75, 3.05) is 51.5 Å². The number of ether oxygens (including phenoxy) is 1. The highest BCUT2D eigenvalue weighted by molar-refractivity contribution is 6.25. The number of rotatable bonds is 11. The Bertz CT molecular complexity index is 2290. The quantitative estimate of drug-likeness (QED) is 0.120. The second-order valence-electron chi connectivity index (χ2n) is 14.6. The first-order valence-electron chi connectivity index (χ1n) is 18.0. The molecule has 2 aromatic carbocycles. The summed E-state index contributed by atoms with van der Waals surface area (Å²) in [6.07, 6.45) is -0.570. The molecule has 3 aliphatic rings. The molecule has 0 spiro atoms. The zero-order chi connectivity index (χ0) is 41.7. The number of likely N-dealkylation sites (N-methyl/N-ethyl adjacent to an activating group) is 1. The van der Waals surface area contributed by atoms with Gasteiger partial charge in [0.2, 0.25) is 11.7 Å². The van der Waals surface area contributed by atoms with Gasteiger partial charge >= 0.3 is 11.9 Å². The van der Waals surface area contributed by atoms with E-state index in [0.29, 0.717) is 23.2 Å². The maximum Gasteiger partial charge on any atom is 0.519 e. The Labute approximate surface area is 325 Å². The van der Waals surface area contributed by atoms with E-state index in [0.717, 1.165) is 4.90 Å². The van der Waals surface area contributed by atoms with Gasteiger partial charge in [-0.15, -0.1) is 0 Å². The Morgan fingerprint density at radius 2 is 1.72 bits per heavy atom. The van der Waals surface area contributed by atoms with E-state index in [1.54, 1.807) is 70.3 Å². The molecule has 6 rings (SSSR count). The van der Waals surface area contributed by atoms with Gasteiger partial charge in [-0.3, -0.25) is 29.0 Å². The van der Waals surface area contributed by atoms with Gasteiger partial charge in [-0.2, -0.15) is 0 Å². The summed E-state index contributed by atoms with van der Waals surface area (Å²) < 4.78 is 15.6. The number of aromatic hydroxyl groups is 1. The number of primary amides is 1. The Kier molecular flexibility index (Phi) is 10.8. The Balaban J connectivity index is 1.28. The summed E-state index contributed by atoms with van der Waals surface area (Å²) in [5.41, 5.74) is 2.07. The van der Waals surface area contributed by atoms with Crippen molar-refractivity contribution in [1.82, 2.24) is 9.80 Å². The number of hydrogen-bond donors (Lipinski definition) is 6. The van der Waals surface area contributed by atoms with Crippen LogP contribution in [0.25, 0.3) is 11.3 Å². The number of anilines is 2. The molecule has 3 aromatic rings. The lowest BCUT2D eigenvalue weighted by molar-refractivity contribution is -0.148. The van der Waals surface area contributed by atoms with Crippen LogP contribution in [0.3, 0.4) is 0 Å². The fourth-order valence-corrected chi connectivity index (χ4v) is 8.09. The molecular formula is C39H43N5O13. The number of Topliss-reactive ketones (excluding diaryl/α,β-unsaturated/α-hetero) is 2. The number of aliphatic hydroxyl groups excluding tert-OH is 2. The van der Waals surface area contributed by atoms with Gasteiger partial charge in [0, 0.05) is 43.4 Å². The van der Waals surface area contributed by atoms with Crippen LogP contribution in [0.5, 0.6) is 5.75 Å². The van der Waals surface area contributed by atoms with E-state index >= 15 is 0 Å². The van der Waals surface area contributed by atoms with Gasteiger partial charge < -0.3 is 49.9 Å². The van der Waals surface area contributed by atoms with Crippen molar-refractivity contribution in [1.29, 1.82) is 0 Å². The van der Waals surface area contributed by atoms with Gasteiger partial charge in [-0.1, -0.05) is 37.3 Å². The van der Waals surface area contributed by atoms with Gasteiger partial charge in [0.15, 0.2) is 35.3 Å². The van der Waals surface area contributed by atoms with Crippen LogP contribution in [-0.4, -0.2) is 113 Å². The van der Waals surface area contributed by atoms with Gasteiger partial charge in [-0.05, 0) is 50.9 Å². The van der Waals surface area contributed by atoms with E-state index in [-0.39, 0.29) is 47.7 Å². The molecule has 57 heavy (non-hydrogen) atoms. The number of ketones is 2. The number of hydrogen-bond acceptors (Lipinski definition) is 15. The summed E-state index contributed by atoms with van der Waals surface area (Å²) >= 11 is 0. The zero-order valence-electron chi connectivity index (χ0n) is 31.8. The summed E-state index contributed by atoms with van der Waals surface area (Å²) in [4.78, 5) is 83.1. The van der Waals surface area contributed by atoms with E-state index < -0.39 is 94.8 Å². The lowest BCUT2D eigenvalue weighted by Gasteiger charge is -2.50. The smallest absolute Gasteiger partial charge is 0.510 e. The number of allylic oxidation sites excluding steroid dienone is 1. The highest BCUT2D eigenvalue weighted by atomic mass is 16.6. The number of carbonyl (C=O) groups excluding carboxylic acids is 5. The second kappa shape index (κ2) is 15.3. The van der Waals surface area contributed by atoms with Gasteiger partial charge in [0.05, 0.1) is 17.3 Å². The third kappa shape index (κ3) is 6.90. The van der Waals surface area contributed by atoms with Crippen molar-refractivity contribution in [2.45, 2.75) is 44.4 Å². The van der Waals surface area contributed by atoms with E-state index in [4.69, 9.17) is 19.3 Å². The standard InChI is InChI=1S/C39H43N5O13/c1-6-12-44(37(52)55-17-24-33(57-38(53)56-24)18-10-8-7-9-11-18)16-25(45)41-22-15-23(42(2)3)20-13-19-14-21-29(43(4)5)32(48)28(36(40)51)35(50)39(21,54)34(49)26(19)31(47)27(20)30(22)46/h7-11,15,19,21,29,46,48-49,54H,6,12-14,16-17H2,1-5H3,(H2,40,51)(H,41,45)/t19?,21?,29-,39-/m0/s1. The largest absolute Gasteiger partial charge is 0.519 e. The molecule has 302 valence electrons. The van der Waals surface area contributed by atoms with E-state index in [1.165, 1.54) is 11.0 Å². The molecule has 1 heterocycles. The summed E-state index contributed by atoms with van der Waals surface area (Å²) in [6.45, 7) is 0.789. The maximum atomic E-state index is 14.4. The molecular weight excluding hydrogens is 746 g/mol. The fraction of sp³-hybridized carbons (Fsp3) is 0.385. The van der Waals surface area contributed by atoms with Crippen LogP contribution >= 0.6 is 0 Å². The second-order valence-corrected chi connectivity index (χ2v) is 14.6. The third-order valence-electron chi connectivity index (χ3n) is 10.5. The van der Waals surface area contributed by atoms with E-state index in [9.17, 15) is 49.2 Å². The first-order valence-corrected chi connectivity index (χ1v) is 18.0. The molecule has 18 nitrogen and oxygen atoms in total. The number of benzene rings is 2. The first kappa shape index (κ1) is 40.3. The Morgan fingerprint density at radius 3 is 2.33 bits per heavy atom. The minimum atomic E-state index is -2.82. The van der Waals surface area contributed by atoms with Gasteiger partial charge in [-0.25, -0.2) is 9.59 Å². The summed E-state index contributed by atoms with van der Waals surface area (Å²) in [7, 11) is 6.43. The lowest BCUT2D eigenvalue weighted by atomic mass is 9.58. The highest BCUT2D eigenvalue weighted by Crippen LogP contribution is 2.54. The predicted octanol–water partition coefficient (Wildman–Crippen LogP) is 2.39. The molecule has 3 aliphatic carbocycles. The average Bonchev–Trinajstić information content (AvgIpc) is 3.53. The summed E-state index contributed by atoms with van der Waals surface area (Å²) in [5.74, 6) is -9.75. The molecule has 18 heteroatoms. The number of nitrogens with two attached hydrogens (primary N) is 1. The monoisotopic (exact) mass is 789 g/mol. The van der Waals surface area contributed by atoms with Crippen LogP contribution in [0.1, 0.15) is 41.4 Å². The third-order valence-corrected chi connectivity index (χ3v) is 10.5. The first-order chi connectivity index (χ1) is 26.9. The SMILES string of the molecule is CCCN(CC(=O)Nc1cc(N(C)C)c2c(c1O)C(=O)C1=C(O)[C@]3(O)C(=O)C(C(N)=O)=C(O)[C@@H](N(C)C)C3CC1C2)C(=O)OCc1oc(=O)oc1-c1ccccc1. The van der Waals surface area contributed by atoms with Gasteiger partial charge in [0.25, 0.3) is 5.91 Å². The number of nitrogens with one attached hydrogen (secondary N) is 1. The fourth-order valence-electron chi connectivity index (χ4n) is 8.09. The van der Waals surface area contributed by atoms with Crippen LogP contribution in [-0.2, 0) is 32.1 Å². The van der Waals surface area contributed by atoms with Crippen molar-refractivity contribution in [3.05, 3.63) is 86.6 Å². The number of amides is 3. The molecule has 0 aliphatic heterocycles. The minimum absolute atomic E-state index is 0.0305. The molecule has 2 unspecified atom stereocenters. The summed E-state index contributed by atoms with van der Waals surface area (Å²) in [5, 5.41) is 48.7. The normalized spacial score (nSPS) is 21.5. The van der Waals surface area contributed by atoms with Gasteiger partial charge in [0.1, 0.15) is 23.6 Å².